The molecule has 5 aromatic rings. The van der Waals surface area contributed by atoms with Crippen molar-refractivity contribution >= 4 is 16.7 Å². The molecule has 3 aromatic heterocycles. The van der Waals surface area contributed by atoms with E-state index in [4.69, 9.17) is 0 Å². The van der Waals surface area contributed by atoms with Gasteiger partial charge in [-0.15, -0.1) is 10.2 Å². The maximum Gasteiger partial charge on any atom is 0.272 e. The smallest absolute Gasteiger partial charge is 0.272 e. The van der Waals surface area contributed by atoms with E-state index < -0.39 is 17.5 Å². The summed E-state index contributed by atoms with van der Waals surface area (Å²) >= 11 is 0. The lowest BCUT2D eigenvalue weighted by Crippen LogP contribution is -2.41. The SMILES string of the molecule is CC1CN(C(=O)c2cc(Cc3n[nH]c(=O)c4ccccc34)ccc2F)Cc2nnc(-c3ccc(F)cn3)n21. The minimum atomic E-state index is -0.631. The maximum atomic E-state index is 14.9. The number of rotatable bonds is 4. The molecule has 0 fully saturated rings. The quantitative estimate of drug-likeness (QED) is 0.393. The first kappa shape index (κ1) is 23.6. The van der Waals surface area contributed by atoms with Crippen LogP contribution < -0.4 is 5.56 Å². The van der Waals surface area contributed by atoms with E-state index in [1.807, 2.05) is 23.6 Å². The number of carbonyl (C=O) groups is 1. The van der Waals surface area contributed by atoms with Crippen LogP contribution in [-0.4, -0.2) is 47.3 Å². The van der Waals surface area contributed by atoms with Crippen LogP contribution in [0.4, 0.5) is 8.78 Å². The average Bonchev–Trinajstić information content (AvgIpc) is 3.36. The Balaban J connectivity index is 1.28. The molecule has 1 N–H and O–H groups in total. The molecule has 0 aliphatic carbocycles. The summed E-state index contributed by atoms with van der Waals surface area (Å²) in [5.74, 6) is -0.544. The van der Waals surface area contributed by atoms with Gasteiger partial charge in [0.05, 0.1) is 35.4 Å². The topological polar surface area (TPSA) is 110 Å². The van der Waals surface area contributed by atoms with Gasteiger partial charge in [-0.1, -0.05) is 24.3 Å². The Morgan fingerprint density at radius 1 is 1.08 bits per heavy atom. The van der Waals surface area contributed by atoms with Crippen molar-refractivity contribution in [3.8, 4) is 11.5 Å². The maximum absolute atomic E-state index is 14.9. The third kappa shape index (κ3) is 4.11. The highest BCUT2D eigenvalue weighted by Gasteiger charge is 2.31. The highest BCUT2D eigenvalue weighted by Crippen LogP contribution is 2.28. The number of hydrogen-bond acceptors (Lipinski definition) is 6. The van der Waals surface area contributed by atoms with E-state index in [-0.39, 0.29) is 23.7 Å². The minimum Gasteiger partial charge on any atom is -0.329 e. The number of nitrogens with one attached hydrogen (secondary N) is 1. The molecular weight excluding hydrogens is 492 g/mol. The molecule has 0 bridgehead atoms. The number of halogens is 2. The van der Waals surface area contributed by atoms with E-state index >= 15 is 0 Å². The molecule has 6 rings (SSSR count). The van der Waals surface area contributed by atoms with Gasteiger partial charge in [-0.3, -0.25) is 9.59 Å². The number of nitrogens with zero attached hydrogens (tertiary/aromatic N) is 6. The number of benzene rings is 2. The Hall–Kier alpha value is -4.80. The van der Waals surface area contributed by atoms with Crippen molar-refractivity contribution < 1.29 is 13.6 Å². The van der Waals surface area contributed by atoms with Gasteiger partial charge in [0.2, 0.25) is 0 Å². The Kier molecular flexibility index (Phi) is 5.74. The van der Waals surface area contributed by atoms with Crippen LogP contribution in [0.15, 0.2) is 65.6 Å². The van der Waals surface area contributed by atoms with E-state index in [1.54, 1.807) is 18.2 Å². The van der Waals surface area contributed by atoms with Crippen LogP contribution in [0, 0.1) is 11.6 Å². The predicted molar refractivity (Wildman–Crippen MR) is 134 cm³/mol. The third-order valence-electron chi connectivity index (χ3n) is 6.68. The molecule has 1 atom stereocenters. The summed E-state index contributed by atoms with van der Waals surface area (Å²) in [6.45, 7) is 2.33. The normalized spacial score (nSPS) is 15.0. The molecular formula is C27H21F2N7O2. The molecule has 0 spiro atoms. The fourth-order valence-corrected chi connectivity index (χ4v) is 4.88. The molecule has 1 aliphatic rings. The van der Waals surface area contributed by atoms with Gasteiger partial charge in [0.1, 0.15) is 17.3 Å². The molecule has 1 aliphatic heterocycles. The van der Waals surface area contributed by atoms with Gasteiger partial charge < -0.3 is 9.47 Å². The molecule has 11 heteroatoms. The van der Waals surface area contributed by atoms with Gasteiger partial charge in [-0.05, 0) is 42.8 Å². The van der Waals surface area contributed by atoms with Gasteiger partial charge in [-0.2, -0.15) is 5.10 Å². The molecule has 1 amide bonds. The molecule has 2 aromatic carbocycles. The van der Waals surface area contributed by atoms with Crippen molar-refractivity contribution in [2.45, 2.75) is 25.9 Å². The van der Waals surface area contributed by atoms with Crippen molar-refractivity contribution in [2.75, 3.05) is 6.54 Å². The lowest BCUT2D eigenvalue weighted by Gasteiger charge is -2.32. The molecule has 0 radical (unpaired) electrons. The van der Waals surface area contributed by atoms with E-state index in [9.17, 15) is 18.4 Å². The highest BCUT2D eigenvalue weighted by molar-refractivity contribution is 5.95. The summed E-state index contributed by atoms with van der Waals surface area (Å²) in [5.41, 5.74) is 1.42. The van der Waals surface area contributed by atoms with Crippen molar-refractivity contribution in [2.24, 2.45) is 0 Å². The zero-order valence-electron chi connectivity index (χ0n) is 20.2. The second-order valence-electron chi connectivity index (χ2n) is 9.24. The first-order valence-electron chi connectivity index (χ1n) is 12.0. The van der Waals surface area contributed by atoms with Gasteiger partial charge >= 0.3 is 0 Å². The fraction of sp³-hybridized carbons (Fsp3) is 0.185. The second kappa shape index (κ2) is 9.25. The lowest BCUT2D eigenvalue weighted by molar-refractivity contribution is 0.0677. The van der Waals surface area contributed by atoms with Crippen LogP contribution in [0.2, 0.25) is 0 Å². The van der Waals surface area contributed by atoms with E-state index in [2.05, 4.69) is 25.4 Å². The summed E-state index contributed by atoms with van der Waals surface area (Å²) in [4.78, 5) is 31.2. The van der Waals surface area contributed by atoms with Crippen molar-refractivity contribution in [1.29, 1.82) is 0 Å². The number of carbonyl (C=O) groups excluding carboxylic acids is 1. The Morgan fingerprint density at radius 3 is 2.68 bits per heavy atom. The van der Waals surface area contributed by atoms with Crippen molar-refractivity contribution in [1.82, 2.24) is 34.8 Å². The number of fused-ring (bicyclic) bond motifs is 2. The van der Waals surface area contributed by atoms with Crippen molar-refractivity contribution in [3.05, 3.63) is 105 Å². The van der Waals surface area contributed by atoms with E-state index in [0.29, 0.717) is 52.3 Å². The monoisotopic (exact) mass is 513 g/mol. The van der Waals surface area contributed by atoms with E-state index in [1.165, 1.54) is 29.2 Å². The van der Waals surface area contributed by atoms with Crippen LogP contribution in [0.1, 0.15) is 40.4 Å². The fourth-order valence-electron chi connectivity index (χ4n) is 4.88. The van der Waals surface area contributed by atoms with Crippen LogP contribution >= 0.6 is 0 Å². The summed E-state index contributed by atoms with van der Waals surface area (Å²) in [5, 5.41) is 16.3. The third-order valence-corrected chi connectivity index (χ3v) is 6.68. The van der Waals surface area contributed by atoms with Gasteiger partial charge in [0, 0.05) is 18.4 Å². The largest absolute Gasteiger partial charge is 0.329 e. The second-order valence-corrected chi connectivity index (χ2v) is 9.24. The molecule has 38 heavy (non-hydrogen) atoms. The zero-order valence-corrected chi connectivity index (χ0v) is 20.2. The molecule has 0 saturated carbocycles. The number of hydrogen-bond donors (Lipinski definition) is 1. The van der Waals surface area contributed by atoms with Gasteiger partial charge in [0.15, 0.2) is 11.6 Å². The first-order valence-corrected chi connectivity index (χ1v) is 12.0. The number of amides is 1. The molecule has 1 unspecified atom stereocenters. The molecule has 190 valence electrons. The molecule has 9 nitrogen and oxygen atoms in total. The first-order chi connectivity index (χ1) is 18.4. The molecule has 4 heterocycles. The zero-order chi connectivity index (χ0) is 26.4. The highest BCUT2D eigenvalue weighted by atomic mass is 19.1. The summed E-state index contributed by atoms with van der Waals surface area (Å²) in [6, 6.07) is 14.1. The molecule has 0 saturated heterocycles. The number of aromatic nitrogens is 6. The number of aromatic amines is 1. The average molecular weight is 514 g/mol. The Morgan fingerprint density at radius 2 is 1.89 bits per heavy atom. The van der Waals surface area contributed by atoms with Crippen LogP contribution in [0.25, 0.3) is 22.3 Å². The summed E-state index contributed by atoms with van der Waals surface area (Å²) < 4.78 is 30.1. The van der Waals surface area contributed by atoms with E-state index in [0.717, 1.165) is 6.20 Å². The van der Waals surface area contributed by atoms with Crippen LogP contribution in [0.5, 0.6) is 0 Å². The van der Waals surface area contributed by atoms with Gasteiger partial charge in [0.25, 0.3) is 11.5 Å². The van der Waals surface area contributed by atoms with Crippen molar-refractivity contribution in [3.63, 3.8) is 0 Å². The lowest BCUT2D eigenvalue weighted by atomic mass is 10.0. The summed E-state index contributed by atoms with van der Waals surface area (Å²) in [7, 11) is 0. The van der Waals surface area contributed by atoms with Crippen LogP contribution in [0.3, 0.4) is 0 Å². The van der Waals surface area contributed by atoms with Crippen LogP contribution in [-0.2, 0) is 13.0 Å². The minimum absolute atomic E-state index is 0.0585. The van der Waals surface area contributed by atoms with Gasteiger partial charge in [-0.25, -0.2) is 18.9 Å². The predicted octanol–water partition coefficient (Wildman–Crippen LogP) is 3.66. The Labute approximate surface area is 214 Å². The standard InChI is InChI=1S/C27H21F2N7O2/c1-15-13-35(14-24-32-33-25(36(15)24)22-9-7-17(28)12-30-22)27(38)20-10-16(6-8-21(20)29)11-23-18-4-2-3-5-19(18)26(37)34-31-23/h2-10,12,15H,11,13-14H2,1H3,(H,34,37). The summed E-state index contributed by atoms with van der Waals surface area (Å²) in [6.07, 6.45) is 1.41. The Bertz CT molecular complexity index is 1750. The number of pyridine rings is 1. The number of H-pyrrole nitrogens is 1.